The summed E-state index contributed by atoms with van der Waals surface area (Å²) in [6, 6.07) is 3.02. The zero-order valence-electron chi connectivity index (χ0n) is 9.69. The van der Waals surface area contributed by atoms with Crippen LogP contribution in [0.15, 0.2) is 12.1 Å². The summed E-state index contributed by atoms with van der Waals surface area (Å²) in [6.07, 6.45) is 2.84. The molecule has 0 fully saturated rings. The topological polar surface area (TPSA) is 68.1 Å². The van der Waals surface area contributed by atoms with Crippen LogP contribution < -0.4 is 5.32 Å². The second kappa shape index (κ2) is 6.05. The summed E-state index contributed by atoms with van der Waals surface area (Å²) < 4.78 is 0. The lowest BCUT2D eigenvalue weighted by Gasteiger charge is -2.05. The van der Waals surface area contributed by atoms with Gasteiger partial charge < -0.3 is 5.32 Å². The fraction of sp³-hybridized carbons (Fsp3) is 0.545. The van der Waals surface area contributed by atoms with Crippen molar-refractivity contribution in [3.05, 3.63) is 27.9 Å². The van der Waals surface area contributed by atoms with Gasteiger partial charge in [-0.2, -0.15) is 0 Å². The van der Waals surface area contributed by atoms with E-state index in [4.69, 9.17) is 0 Å². The monoisotopic (exact) mass is 223 g/mol. The molecule has 0 unspecified atom stereocenters. The molecule has 5 nitrogen and oxygen atoms in total. The molecule has 0 aliphatic rings. The molecule has 0 spiro atoms. The molecule has 0 saturated heterocycles. The number of anilines is 1. The predicted octanol–water partition coefficient (Wildman–Crippen LogP) is 2.76. The van der Waals surface area contributed by atoms with Gasteiger partial charge in [-0.25, -0.2) is 4.98 Å². The van der Waals surface area contributed by atoms with E-state index in [1.165, 1.54) is 6.07 Å². The van der Waals surface area contributed by atoms with E-state index in [0.29, 0.717) is 12.4 Å². The van der Waals surface area contributed by atoms with E-state index < -0.39 is 0 Å². The van der Waals surface area contributed by atoms with Crippen LogP contribution in [0.1, 0.15) is 32.4 Å². The molecule has 88 valence electrons. The Labute approximate surface area is 95.0 Å². The zero-order valence-corrected chi connectivity index (χ0v) is 9.69. The molecule has 0 aliphatic carbocycles. The Morgan fingerprint density at radius 1 is 1.44 bits per heavy atom. The van der Waals surface area contributed by atoms with Crippen LogP contribution in [-0.2, 0) is 6.42 Å². The lowest BCUT2D eigenvalue weighted by molar-refractivity contribution is -0.384. The summed E-state index contributed by atoms with van der Waals surface area (Å²) >= 11 is 0. The number of hydrogen-bond acceptors (Lipinski definition) is 4. The fourth-order valence-electron chi connectivity index (χ4n) is 1.43. The average molecular weight is 223 g/mol. The predicted molar refractivity (Wildman–Crippen MR) is 63.7 cm³/mol. The van der Waals surface area contributed by atoms with Gasteiger partial charge in [-0.1, -0.05) is 13.3 Å². The molecular formula is C11H17N3O2. The van der Waals surface area contributed by atoms with Gasteiger partial charge in [-0.3, -0.25) is 10.1 Å². The van der Waals surface area contributed by atoms with Crippen LogP contribution in [0.3, 0.4) is 0 Å². The molecule has 0 amide bonds. The molecule has 1 aromatic heterocycles. The number of nitrogens with one attached hydrogen (secondary N) is 1. The first-order chi connectivity index (χ1) is 7.67. The molecule has 1 rings (SSSR count). The first kappa shape index (κ1) is 12.4. The van der Waals surface area contributed by atoms with E-state index in [1.807, 2.05) is 6.92 Å². The summed E-state index contributed by atoms with van der Waals surface area (Å²) in [5, 5.41) is 13.7. The minimum atomic E-state index is -0.377. The second-order valence-electron chi connectivity index (χ2n) is 3.59. The normalized spacial score (nSPS) is 10.1. The van der Waals surface area contributed by atoms with E-state index in [9.17, 15) is 10.1 Å². The van der Waals surface area contributed by atoms with Gasteiger partial charge in [0, 0.05) is 18.3 Å². The van der Waals surface area contributed by atoms with E-state index in [0.717, 1.165) is 25.0 Å². The van der Waals surface area contributed by atoms with Gasteiger partial charge in [0.15, 0.2) is 0 Å². The summed E-state index contributed by atoms with van der Waals surface area (Å²) in [7, 11) is 0. The van der Waals surface area contributed by atoms with Crippen LogP contribution >= 0.6 is 0 Å². The van der Waals surface area contributed by atoms with Crippen molar-refractivity contribution >= 4 is 11.5 Å². The molecule has 1 heterocycles. The van der Waals surface area contributed by atoms with Gasteiger partial charge in [0.2, 0.25) is 0 Å². The molecule has 0 aromatic carbocycles. The minimum absolute atomic E-state index is 0.108. The van der Waals surface area contributed by atoms with Crippen molar-refractivity contribution in [2.75, 3.05) is 11.9 Å². The molecular weight excluding hydrogens is 206 g/mol. The Balaban J connectivity index is 2.93. The third-order valence-electron chi connectivity index (χ3n) is 2.22. The van der Waals surface area contributed by atoms with E-state index in [2.05, 4.69) is 17.2 Å². The van der Waals surface area contributed by atoms with Gasteiger partial charge >= 0.3 is 0 Å². The highest BCUT2D eigenvalue weighted by Crippen LogP contribution is 2.18. The SMILES string of the molecule is CCCCc1cc([N+](=O)[O-])cc(NCC)n1. The largest absolute Gasteiger partial charge is 0.370 e. The molecule has 16 heavy (non-hydrogen) atoms. The first-order valence-electron chi connectivity index (χ1n) is 5.56. The van der Waals surface area contributed by atoms with Crippen LogP contribution in [0.4, 0.5) is 11.5 Å². The number of aromatic nitrogens is 1. The highest BCUT2D eigenvalue weighted by molar-refractivity contribution is 5.46. The highest BCUT2D eigenvalue weighted by Gasteiger charge is 2.10. The summed E-state index contributed by atoms with van der Waals surface area (Å²) in [5.41, 5.74) is 0.893. The molecule has 1 N–H and O–H groups in total. The number of unbranched alkanes of at least 4 members (excludes halogenated alkanes) is 1. The maximum atomic E-state index is 10.7. The maximum Gasteiger partial charge on any atom is 0.274 e. The number of hydrogen-bond donors (Lipinski definition) is 1. The van der Waals surface area contributed by atoms with Gasteiger partial charge in [0.25, 0.3) is 5.69 Å². The summed E-state index contributed by atoms with van der Waals surface area (Å²) in [5.74, 6) is 0.586. The molecule has 0 atom stereocenters. The quantitative estimate of drug-likeness (QED) is 0.594. The number of aryl methyl sites for hydroxylation is 1. The average Bonchev–Trinajstić information content (AvgIpc) is 2.26. The fourth-order valence-corrected chi connectivity index (χ4v) is 1.43. The van der Waals surface area contributed by atoms with Gasteiger partial charge in [0.05, 0.1) is 11.0 Å². The van der Waals surface area contributed by atoms with Crippen molar-refractivity contribution in [2.24, 2.45) is 0 Å². The maximum absolute atomic E-state index is 10.7. The smallest absolute Gasteiger partial charge is 0.274 e. The molecule has 5 heteroatoms. The Morgan fingerprint density at radius 3 is 2.75 bits per heavy atom. The van der Waals surface area contributed by atoms with Crippen molar-refractivity contribution < 1.29 is 4.92 Å². The molecule has 0 aliphatic heterocycles. The Hall–Kier alpha value is -1.65. The van der Waals surface area contributed by atoms with Crippen LogP contribution in [0.25, 0.3) is 0 Å². The summed E-state index contributed by atoms with van der Waals surface area (Å²) in [6.45, 7) is 4.73. The molecule has 0 bridgehead atoms. The van der Waals surface area contributed by atoms with Crippen molar-refractivity contribution in [3.8, 4) is 0 Å². The highest BCUT2D eigenvalue weighted by atomic mass is 16.6. The Kier molecular flexibility index (Phi) is 4.69. The number of pyridine rings is 1. The second-order valence-corrected chi connectivity index (χ2v) is 3.59. The van der Waals surface area contributed by atoms with Crippen LogP contribution in [0, 0.1) is 10.1 Å². The molecule has 0 radical (unpaired) electrons. The van der Waals surface area contributed by atoms with Crippen molar-refractivity contribution in [1.82, 2.24) is 4.98 Å². The lowest BCUT2D eigenvalue weighted by Crippen LogP contribution is -2.03. The molecule has 1 aromatic rings. The van der Waals surface area contributed by atoms with E-state index in [-0.39, 0.29) is 10.6 Å². The number of rotatable bonds is 6. The Morgan fingerprint density at radius 2 is 2.19 bits per heavy atom. The third-order valence-corrected chi connectivity index (χ3v) is 2.22. The standard InChI is InChI=1S/C11H17N3O2/c1-3-5-6-9-7-10(14(15)16)8-11(13-9)12-4-2/h7-8H,3-6H2,1-2H3,(H,12,13). The van der Waals surface area contributed by atoms with Crippen molar-refractivity contribution in [3.63, 3.8) is 0 Å². The van der Waals surface area contributed by atoms with Gasteiger partial charge in [0.1, 0.15) is 5.82 Å². The van der Waals surface area contributed by atoms with E-state index >= 15 is 0 Å². The first-order valence-corrected chi connectivity index (χ1v) is 5.56. The van der Waals surface area contributed by atoms with Crippen LogP contribution in [-0.4, -0.2) is 16.5 Å². The number of nitro groups is 1. The Bertz CT molecular complexity index is 366. The van der Waals surface area contributed by atoms with Crippen LogP contribution in [0.2, 0.25) is 0 Å². The minimum Gasteiger partial charge on any atom is -0.370 e. The van der Waals surface area contributed by atoms with E-state index in [1.54, 1.807) is 6.07 Å². The number of nitrogens with zero attached hydrogens (tertiary/aromatic N) is 2. The van der Waals surface area contributed by atoms with Crippen molar-refractivity contribution in [2.45, 2.75) is 33.1 Å². The third kappa shape index (κ3) is 3.49. The zero-order chi connectivity index (χ0) is 12.0. The van der Waals surface area contributed by atoms with Gasteiger partial charge in [-0.15, -0.1) is 0 Å². The summed E-state index contributed by atoms with van der Waals surface area (Å²) in [4.78, 5) is 14.7. The molecule has 0 saturated carbocycles. The van der Waals surface area contributed by atoms with Crippen molar-refractivity contribution in [1.29, 1.82) is 0 Å². The van der Waals surface area contributed by atoms with Crippen LogP contribution in [0.5, 0.6) is 0 Å². The lowest BCUT2D eigenvalue weighted by atomic mass is 10.2. The van der Waals surface area contributed by atoms with Gasteiger partial charge in [-0.05, 0) is 19.8 Å².